The van der Waals surface area contributed by atoms with Crippen LogP contribution in [0.4, 0.5) is 5.69 Å². The summed E-state index contributed by atoms with van der Waals surface area (Å²) in [5.74, 6) is 0.911. The van der Waals surface area contributed by atoms with Crippen LogP contribution in [-0.2, 0) is 0 Å². The van der Waals surface area contributed by atoms with Crippen molar-refractivity contribution in [1.82, 2.24) is 0 Å². The third kappa shape index (κ3) is 3.32. The number of hydrogen-bond donors (Lipinski definition) is 0. The van der Waals surface area contributed by atoms with Gasteiger partial charge in [-0.3, -0.25) is 4.79 Å². The molecular weight excluding hydrogens is 230 g/mol. The number of rotatable bonds is 4. The van der Waals surface area contributed by atoms with Crippen LogP contribution in [0.2, 0.25) is 0 Å². The van der Waals surface area contributed by atoms with E-state index >= 15 is 0 Å². The molecule has 0 radical (unpaired) electrons. The number of nitrogens with zero attached hydrogens (tertiary/aromatic N) is 1. The van der Waals surface area contributed by atoms with Crippen molar-refractivity contribution >= 4 is 23.3 Å². The molecule has 1 aromatic rings. The Bertz CT molecular complexity index is 361. The number of carbonyl (C=O) groups excluding carboxylic acids is 1. The van der Waals surface area contributed by atoms with Gasteiger partial charge in [0.05, 0.1) is 4.88 Å². The molecule has 1 aliphatic rings. The summed E-state index contributed by atoms with van der Waals surface area (Å²) in [4.78, 5) is 14.0. The van der Waals surface area contributed by atoms with Crippen molar-refractivity contribution in [3.63, 3.8) is 0 Å². The third-order valence-electron chi connectivity index (χ3n) is 3.63. The maximum absolute atomic E-state index is 10.7. The highest BCUT2D eigenvalue weighted by Crippen LogP contribution is 2.28. The Labute approximate surface area is 108 Å². The Kier molecular flexibility index (Phi) is 4.60. The van der Waals surface area contributed by atoms with Gasteiger partial charge in [0.2, 0.25) is 0 Å². The molecule has 1 atom stereocenters. The van der Waals surface area contributed by atoms with Crippen molar-refractivity contribution in [3.05, 3.63) is 16.3 Å². The Morgan fingerprint density at radius 2 is 2.35 bits per heavy atom. The molecule has 1 fully saturated rings. The van der Waals surface area contributed by atoms with E-state index in [9.17, 15) is 4.79 Å². The second kappa shape index (κ2) is 6.20. The topological polar surface area (TPSA) is 20.3 Å². The number of anilines is 1. The Hall–Kier alpha value is -0.830. The van der Waals surface area contributed by atoms with Crippen LogP contribution in [0.3, 0.4) is 0 Å². The molecule has 3 heteroatoms. The van der Waals surface area contributed by atoms with Gasteiger partial charge in [0.1, 0.15) is 0 Å². The minimum Gasteiger partial charge on any atom is -0.371 e. The lowest BCUT2D eigenvalue weighted by Gasteiger charge is -2.21. The minimum atomic E-state index is 0.842. The first kappa shape index (κ1) is 12.6. The van der Waals surface area contributed by atoms with E-state index in [0.29, 0.717) is 0 Å². The first-order chi connectivity index (χ1) is 8.33. The van der Waals surface area contributed by atoms with Crippen molar-refractivity contribution in [1.29, 1.82) is 0 Å². The summed E-state index contributed by atoms with van der Waals surface area (Å²) >= 11 is 1.55. The monoisotopic (exact) mass is 251 g/mol. The summed E-state index contributed by atoms with van der Waals surface area (Å²) in [6.07, 6.45) is 7.59. The van der Waals surface area contributed by atoms with Crippen LogP contribution >= 0.6 is 11.3 Å². The zero-order valence-corrected chi connectivity index (χ0v) is 11.3. The van der Waals surface area contributed by atoms with Gasteiger partial charge in [-0.1, -0.05) is 19.8 Å². The summed E-state index contributed by atoms with van der Waals surface area (Å²) in [5, 5.41) is 2.11. The summed E-state index contributed by atoms with van der Waals surface area (Å²) in [6, 6.07) is 2.03. The summed E-state index contributed by atoms with van der Waals surface area (Å²) in [7, 11) is 0. The molecule has 17 heavy (non-hydrogen) atoms. The fraction of sp³-hybridized carbons (Fsp3) is 0.643. The molecular formula is C14H21NOS. The normalized spacial score (nSPS) is 21.2. The van der Waals surface area contributed by atoms with E-state index in [1.807, 2.05) is 6.07 Å². The predicted molar refractivity (Wildman–Crippen MR) is 74.2 cm³/mol. The molecule has 0 amide bonds. The molecule has 2 rings (SSSR count). The van der Waals surface area contributed by atoms with Crippen LogP contribution in [0, 0.1) is 5.92 Å². The van der Waals surface area contributed by atoms with Crippen LogP contribution in [0.1, 0.15) is 48.7 Å². The standard InChI is InChI=1S/C14H21NOS/c1-2-4-12-5-3-7-15(8-6-12)13-9-14(10-16)17-11-13/h9-12H,2-8H2,1H3. The van der Waals surface area contributed by atoms with E-state index < -0.39 is 0 Å². The number of hydrogen-bond acceptors (Lipinski definition) is 3. The quantitative estimate of drug-likeness (QED) is 0.755. The summed E-state index contributed by atoms with van der Waals surface area (Å²) in [6.45, 7) is 4.58. The number of aldehydes is 1. The van der Waals surface area contributed by atoms with E-state index in [-0.39, 0.29) is 0 Å². The Morgan fingerprint density at radius 1 is 1.47 bits per heavy atom. The highest BCUT2D eigenvalue weighted by molar-refractivity contribution is 7.12. The molecule has 1 aromatic heterocycles. The van der Waals surface area contributed by atoms with Gasteiger partial charge in [-0.2, -0.15) is 0 Å². The maximum atomic E-state index is 10.7. The van der Waals surface area contributed by atoms with Crippen LogP contribution in [-0.4, -0.2) is 19.4 Å². The van der Waals surface area contributed by atoms with Crippen molar-refractivity contribution in [2.75, 3.05) is 18.0 Å². The lowest BCUT2D eigenvalue weighted by atomic mass is 9.96. The average molecular weight is 251 g/mol. The van der Waals surface area contributed by atoms with Gasteiger partial charge < -0.3 is 4.90 Å². The van der Waals surface area contributed by atoms with Gasteiger partial charge in [-0.05, 0) is 31.2 Å². The third-order valence-corrected chi connectivity index (χ3v) is 4.48. The van der Waals surface area contributed by atoms with Crippen LogP contribution in [0.5, 0.6) is 0 Å². The minimum absolute atomic E-state index is 0.842. The smallest absolute Gasteiger partial charge is 0.160 e. The molecule has 0 N–H and O–H groups in total. The maximum Gasteiger partial charge on any atom is 0.160 e. The van der Waals surface area contributed by atoms with Crippen molar-refractivity contribution in [2.45, 2.75) is 39.0 Å². The highest BCUT2D eigenvalue weighted by atomic mass is 32.1. The van der Waals surface area contributed by atoms with Gasteiger partial charge in [-0.25, -0.2) is 0 Å². The SMILES string of the molecule is CCCC1CCCN(c2csc(C=O)c2)CC1. The first-order valence-corrected chi connectivity index (χ1v) is 7.50. The predicted octanol–water partition coefficient (Wildman–Crippen LogP) is 3.97. The molecule has 2 nitrogen and oxygen atoms in total. The fourth-order valence-corrected chi connectivity index (χ4v) is 3.41. The molecule has 1 saturated heterocycles. The van der Waals surface area contributed by atoms with E-state index in [4.69, 9.17) is 0 Å². The molecule has 2 heterocycles. The molecule has 0 aliphatic carbocycles. The van der Waals surface area contributed by atoms with E-state index in [2.05, 4.69) is 17.2 Å². The average Bonchev–Trinajstić information content (AvgIpc) is 2.70. The molecule has 1 unspecified atom stereocenters. The molecule has 0 spiro atoms. The van der Waals surface area contributed by atoms with Crippen LogP contribution < -0.4 is 4.90 Å². The Morgan fingerprint density at radius 3 is 3.06 bits per heavy atom. The molecule has 1 aliphatic heterocycles. The Balaban J connectivity index is 1.96. The van der Waals surface area contributed by atoms with Gasteiger partial charge in [0.15, 0.2) is 6.29 Å². The van der Waals surface area contributed by atoms with Crippen molar-refractivity contribution in [3.8, 4) is 0 Å². The zero-order valence-electron chi connectivity index (χ0n) is 10.5. The number of carbonyl (C=O) groups is 1. The zero-order chi connectivity index (χ0) is 12.1. The van der Waals surface area contributed by atoms with Gasteiger partial charge >= 0.3 is 0 Å². The number of thiophene rings is 1. The van der Waals surface area contributed by atoms with E-state index in [1.165, 1.54) is 37.8 Å². The highest BCUT2D eigenvalue weighted by Gasteiger charge is 2.17. The molecule has 0 bridgehead atoms. The molecule has 94 valence electrons. The fourth-order valence-electron chi connectivity index (χ4n) is 2.69. The van der Waals surface area contributed by atoms with E-state index in [1.54, 1.807) is 11.3 Å². The second-order valence-electron chi connectivity index (χ2n) is 4.90. The van der Waals surface area contributed by atoms with Crippen LogP contribution in [0.25, 0.3) is 0 Å². The van der Waals surface area contributed by atoms with Crippen molar-refractivity contribution in [2.24, 2.45) is 5.92 Å². The van der Waals surface area contributed by atoms with E-state index in [0.717, 1.165) is 30.2 Å². The lowest BCUT2D eigenvalue weighted by molar-refractivity contribution is 0.112. The van der Waals surface area contributed by atoms with Crippen molar-refractivity contribution < 1.29 is 4.79 Å². The van der Waals surface area contributed by atoms with Gasteiger partial charge in [0, 0.05) is 24.2 Å². The van der Waals surface area contributed by atoms with Gasteiger partial charge in [-0.15, -0.1) is 11.3 Å². The summed E-state index contributed by atoms with van der Waals surface area (Å²) < 4.78 is 0. The van der Waals surface area contributed by atoms with Crippen LogP contribution in [0.15, 0.2) is 11.4 Å². The van der Waals surface area contributed by atoms with Gasteiger partial charge in [0.25, 0.3) is 0 Å². The molecule has 0 aromatic carbocycles. The second-order valence-corrected chi connectivity index (χ2v) is 5.84. The largest absolute Gasteiger partial charge is 0.371 e. The first-order valence-electron chi connectivity index (χ1n) is 6.62. The molecule has 0 saturated carbocycles. The summed E-state index contributed by atoms with van der Waals surface area (Å²) in [5.41, 5.74) is 1.24. The lowest BCUT2D eigenvalue weighted by Crippen LogP contribution is -2.23.